The standard InChI is InChI=1S/C22H46O5/c1-7-11-17(25-5)15-21(19(23)13-9-3)27-22(20(24)14-10-4)16-18(26-6)12-8-2/h17-24H,7-16H2,1-6H3. The highest BCUT2D eigenvalue weighted by atomic mass is 16.5. The van der Waals surface area contributed by atoms with Crippen molar-refractivity contribution in [2.45, 2.75) is 129 Å². The molecule has 0 amide bonds. The maximum Gasteiger partial charge on any atom is 0.0863 e. The van der Waals surface area contributed by atoms with E-state index < -0.39 is 12.2 Å². The average Bonchev–Trinajstić information content (AvgIpc) is 2.65. The molecule has 0 aliphatic heterocycles. The van der Waals surface area contributed by atoms with Crippen LogP contribution in [0.5, 0.6) is 0 Å². The van der Waals surface area contributed by atoms with Crippen LogP contribution in [-0.4, -0.2) is 61.1 Å². The lowest BCUT2D eigenvalue weighted by molar-refractivity contribution is -0.145. The number of hydrogen-bond donors (Lipinski definition) is 2. The highest BCUT2D eigenvalue weighted by Gasteiger charge is 2.31. The van der Waals surface area contributed by atoms with Gasteiger partial charge in [-0.2, -0.15) is 0 Å². The van der Waals surface area contributed by atoms with Crippen molar-refractivity contribution in [3.8, 4) is 0 Å². The summed E-state index contributed by atoms with van der Waals surface area (Å²) in [4.78, 5) is 0. The largest absolute Gasteiger partial charge is 0.390 e. The molecule has 0 aromatic heterocycles. The van der Waals surface area contributed by atoms with Crippen molar-refractivity contribution >= 4 is 0 Å². The molecule has 0 bridgehead atoms. The van der Waals surface area contributed by atoms with Gasteiger partial charge in [-0.25, -0.2) is 0 Å². The van der Waals surface area contributed by atoms with E-state index in [0.29, 0.717) is 25.7 Å². The Balaban J connectivity index is 5.27. The lowest BCUT2D eigenvalue weighted by Gasteiger charge is -2.34. The fourth-order valence-corrected chi connectivity index (χ4v) is 3.62. The third kappa shape index (κ3) is 11.4. The predicted octanol–water partition coefficient (Wildman–Crippen LogP) is 4.47. The van der Waals surface area contributed by atoms with Crippen LogP contribution in [0.25, 0.3) is 0 Å². The fraction of sp³-hybridized carbons (Fsp3) is 1.00. The van der Waals surface area contributed by atoms with Crippen molar-refractivity contribution in [3.63, 3.8) is 0 Å². The second-order valence-corrected chi connectivity index (χ2v) is 7.69. The van der Waals surface area contributed by atoms with Crippen LogP contribution in [0.4, 0.5) is 0 Å². The van der Waals surface area contributed by atoms with Gasteiger partial charge in [0, 0.05) is 27.1 Å². The van der Waals surface area contributed by atoms with Crippen LogP contribution in [0.2, 0.25) is 0 Å². The van der Waals surface area contributed by atoms with Gasteiger partial charge >= 0.3 is 0 Å². The van der Waals surface area contributed by atoms with Gasteiger partial charge in [0.1, 0.15) is 0 Å². The molecule has 0 spiro atoms. The van der Waals surface area contributed by atoms with Crippen LogP contribution in [0.3, 0.4) is 0 Å². The summed E-state index contributed by atoms with van der Waals surface area (Å²) in [6, 6.07) is 0. The fourth-order valence-electron chi connectivity index (χ4n) is 3.62. The summed E-state index contributed by atoms with van der Waals surface area (Å²) < 4.78 is 17.6. The second-order valence-electron chi connectivity index (χ2n) is 7.69. The molecule has 164 valence electrons. The molecule has 6 unspecified atom stereocenters. The van der Waals surface area contributed by atoms with Gasteiger partial charge < -0.3 is 24.4 Å². The number of hydrogen-bond acceptors (Lipinski definition) is 5. The summed E-state index contributed by atoms with van der Waals surface area (Å²) in [5, 5.41) is 21.4. The normalized spacial score (nSPS) is 18.7. The molecule has 0 aromatic rings. The van der Waals surface area contributed by atoms with E-state index in [1.807, 2.05) is 0 Å². The summed E-state index contributed by atoms with van der Waals surface area (Å²) in [7, 11) is 3.43. The summed E-state index contributed by atoms with van der Waals surface area (Å²) in [5.74, 6) is 0. The van der Waals surface area contributed by atoms with Crippen LogP contribution in [0.15, 0.2) is 0 Å². The Morgan fingerprint density at radius 2 is 0.926 bits per heavy atom. The average molecular weight is 391 g/mol. The van der Waals surface area contributed by atoms with Crippen LogP contribution >= 0.6 is 0 Å². The van der Waals surface area contributed by atoms with Gasteiger partial charge in [0.05, 0.1) is 36.6 Å². The van der Waals surface area contributed by atoms with Crippen molar-refractivity contribution in [2.24, 2.45) is 0 Å². The molecule has 0 saturated heterocycles. The van der Waals surface area contributed by atoms with Gasteiger partial charge in [-0.1, -0.05) is 53.4 Å². The van der Waals surface area contributed by atoms with Crippen LogP contribution in [-0.2, 0) is 14.2 Å². The number of methoxy groups -OCH3 is 2. The van der Waals surface area contributed by atoms with Crippen LogP contribution < -0.4 is 0 Å². The third-order valence-corrected chi connectivity index (χ3v) is 5.26. The maximum absolute atomic E-state index is 10.7. The Bertz CT molecular complexity index is 296. The molecule has 0 heterocycles. The predicted molar refractivity (Wildman–Crippen MR) is 111 cm³/mol. The molecule has 0 rings (SSSR count). The topological polar surface area (TPSA) is 68.2 Å². The summed E-state index contributed by atoms with van der Waals surface area (Å²) >= 11 is 0. The molecular formula is C22H46O5. The Morgan fingerprint density at radius 3 is 1.19 bits per heavy atom. The van der Waals surface area contributed by atoms with Gasteiger partial charge in [-0.05, 0) is 25.7 Å². The molecule has 0 radical (unpaired) electrons. The maximum atomic E-state index is 10.7. The van der Waals surface area contributed by atoms with Crippen molar-refractivity contribution in [1.82, 2.24) is 0 Å². The minimum Gasteiger partial charge on any atom is -0.390 e. The quantitative estimate of drug-likeness (QED) is 0.361. The molecule has 27 heavy (non-hydrogen) atoms. The van der Waals surface area contributed by atoms with Gasteiger partial charge in [-0.15, -0.1) is 0 Å². The first kappa shape index (κ1) is 26.8. The van der Waals surface area contributed by atoms with E-state index in [2.05, 4.69) is 27.7 Å². The third-order valence-electron chi connectivity index (χ3n) is 5.26. The van der Waals surface area contributed by atoms with Crippen molar-refractivity contribution < 1.29 is 24.4 Å². The zero-order chi connectivity index (χ0) is 20.7. The highest BCUT2D eigenvalue weighted by Crippen LogP contribution is 2.24. The zero-order valence-corrected chi connectivity index (χ0v) is 18.7. The number of aliphatic hydroxyl groups excluding tert-OH is 2. The Morgan fingerprint density at radius 1 is 0.593 bits per heavy atom. The number of rotatable bonds is 18. The first-order chi connectivity index (χ1) is 13.0. The summed E-state index contributed by atoms with van der Waals surface area (Å²) in [5.41, 5.74) is 0. The Hall–Kier alpha value is -0.200. The van der Waals surface area contributed by atoms with E-state index >= 15 is 0 Å². The Labute approximate surface area is 167 Å². The zero-order valence-electron chi connectivity index (χ0n) is 18.7. The summed E-state index contributed by atoms with van der Waals surface area (Å²) in [6.07, 6.45) is 6.73. The highest BCUT2D eigenvalue weighted by molar-refractivity contribution is 4.80. The van der Waals surface area contributed by atoms with Gasteiger partial charge in [0.15, 0.2) is 0 Å². The van der Waals surface area contributed by atoms with E-state index in [1.165, 1.54) is 0 Å². The lowest BCUT2D eigenvalue weighted by atomic mass is 9.97. The van der Waals surface area contributed by atoms with Crippen molar-refractivity contribution in [3.05, 3.63) is 0 Å². The number of ether oxygens (including phenoxy) is 3. The van der Waals surface area contributed by atoms with E-state index in [-0.39, 0.29) is 24.4 Å². The van der Waals surface area contributed by atoms with E-state index in [4.69, 9.17) is 14.2 Å². The van der Waals surface area contributed by atoms with Crippen LogP contribution in [0, 0.1) is 0 Å². The van der Waals surface area contributed by atoms with Crippen molar-refractivity contribution in [1.29, 1.82) is 0 Å². The van der Waals surface area contributed by atoms with Crippen molar-refractivity contribution in [2.75, 3.05) is 14.2 Å². The molecular weight excluding hydrogens is 344 g/mol. The number of aliphatic hydroxyl groups is 2. The SMILES string of the molecule is CCCC(CC(OC(CC(CCC)OC)C(O)CCC)C(O)CCC)OC. The van der Waals surface area contributed by atoms with Crippen LogP contribution in [0.1, 0.15) is 91.9 Å². The molecule has 0 aromatic carbocycles. The monoisotopic (exact) mass is 390 g/mol. The molecule has 5 nitrogen and oxygen atoms in total. The van der Waals surface area contributed by atoms with Gasteiger partial charge in [0.25, 0.3) is 0 Å². The molecule has 5 heteroatoms. The second kappa shape index (κ2) is 16.7. The van der Waals surface area contributed by atoms with Gasteiger partial charge in [-0.3, -0.25) is 0 Å². The first-order valence-electron chi connectivity index (χ1n) is 11.0. The molecule has 6 atom stereocenters. The lowest BCUT2D eigenvalue weighted by Crippen LogP contribution is -2.42. The first-order valence-corrected chi connectivity index (χ1v) is 11.0. The van der Waals surface area contributed by atoms with E-state index in [9.17, 15) is 10.2 Å². The molecule has 0 saturated carbocycles. The minimum absolute atomic E-state index is 0.0596. The van der Waals surface area contributed by atoms with E-state index in [0.717, 1.165) is 38.5 Å². The van der Waals surface area contributed by atoms with Gasteiger partial charge in [0.2, 0.25) is 0 Å². The molecule has 2 N–H and O–H groups in total. The van der Waals surface area contributed by atoms with E-state index in [1.54, 1.807) is 14.2 Å². The molecule has 0 aliphatic carbocycles. The molecule has 0 aliphatic rings. The molecule has 0 fully saturated rings. The summed E-state index contributed by atoms with van der Waals surface area (Å²) in [6.45, 7) is 8.38. The smallest absolute Gasteiger partial charge is 0.0863 e. The minimum atomic E-state index is -0.548. The Kier molecular flexibility index (Phi) is 16.6.